The van der Waals surface area contributed by atoms with E-state index in [2.05, 4.69) is 12.2 Å². The molecule has 1 rings (SSSR count). The molecule has 0 fully saturated rings. The smallest absolute Gasteiger partial charge is 0.123 e. The molecule has 108 valence electrons. The molecule has 0 heterocycles. The van der Waals surface area contributed by atoms with Crippen LogP contribution in [0, 0.1) is 5.82 Å². The van der Waals surface area contributed by atoms with Gasteiger partial charge >= 0.3 is 0 Å². The van der Waals surface area contributed by atoms with Crippen LogP contribution >= 0.6 is 0 Å². The van der Waals surface area contributed by atoms with E-state index in [0.29, 0.717) is 0 Å². The second kappa shape index (κ2) is 9.21. The third-order valence-corrected chi connectivity index (χ3v) is 3.98. The second-order valence-electron chi connectivity index (χ2n) is 4.83. The van der Waals surface area contributed by atoms with Gasteiger partial charge in [-0.15, -0.1) is 0 Å². The molecule has 0 saturated heterocycles. The molecule has 19 heavy (non-hydrogen) atoms. The van der Waals surface area contributed by atoms with Gasteiger partial charge in [0.1, 0.15) is 5.82 Å². The Morgan fingerprint density at radius 1 is 1.26 bits per heavy atom. The SMILES string of the molecule is CCCCC(NCCCS(C)=O)c1ccc(F)cc1. The average molecular weight is 285 g/mol. The Kier molecular flexibility index (Phi) is 7.91. The van der Waals surface area contributed by atoms with Crippen molar-refractivity contribution in [3.05, 3.63) is 35.6 Å². The summed E-state index contributed by atoms with van der Waals surface area (Å²) in [6, 6.07) is 6.99. The van der Waals surface area contributed by atoms with Crippen LogP contribution in [0.3, 0.4) is 0 Å². The van der Waals surface area contributed by atoms with Gasteiger partial charge in [-0.1, -0.05) is 31.9 Å². The fraction of sp³-hybridized carbons (Fsp3) is 0.600. The Bertz CT molecular complexity index is 380. The van der Waals surface area contributed by atoms with Gasteiger partial charge < -0.3 is 5.32 Å². The fourth-order valence-electron chi connectivity index (χ4n) is 2.04. The van der Waals surface area contributed by atoms with Crippen molar-refractivity contribution in [1.29, 1.82) is 0 Å². The van der Waals surface area contributed by atoms with Crippen molar-refractivity contribution in [2.45, 2.75) is 38.6 Å². The molecule has 0 aliphatic heterocycles. The molecule has 1 aromatic carbocycles. The van der Waals surface area contributed by atoms with Crippen LogP contribution in [0.25, 0.3) is 0 Å². The lowest BCUT2D eigenvalue weighted by Crippen LogP contribution is -2.23. The number of hydrogen-bond donors (Lipinski definition) is 1. The molecule has 1 aromatic rings. The summed E-state index contributed by atoms with van der Waals surface area (Å²) < 4.78 is 24.0. The van der Waals surface area contributed by atoms with Crippen molar-refractivity contribution >= 4 is 10.8 Å². The molecule has 1 N–H and O–H groups in total. The number of halogens is 1. The summed E-state index contributed by atoms with van der Waals surface area (Å²) in [5, 5.41) is 3.49. The largest absolute Gasteiger partial charge is 0.310 e. The third kappa shape index (κ3) is 6.83. The zero-order chi connectivity index (χ0) is 14.1. The van der Waals surface area contributed by atoms with Crippen molar-refractivity contribution in [3.63, 3.8) is 0 Å². The minimum Gasteiger partial charge on any atom is -0.310 e. The molecular weight excluding hydrogens is 261 g/mol. The monoisotopic (exact) mass is 285 g/mol. The van der Waals surface area contributed by atoms with Crippen LogP contribution in [0.2, 0.25) is 0 Å². The molecule has 2 atom stereocenters. The summed E-state index contributed by atoms with van der Waals surface area (Å²) in [5.41, 5.74) is 1.13. The van der Waals surface area contributed by atoms with Crippen LogP contribution in [-0.2, 0) is 10.8 Å². The summed E-state index contributed by atoms with van der Waals surface area (Å²) in [6.07, 6.45) is 5.99. The highest BCUT2D eigenvalue weighted by Crippen LogP contribution is 2.19. The van der Waals surface area contributed by atoms with Gasteiger partial charge in [-0.3, -0.25) is 4.21 Å². The zero-order valence-corrected chi connectivity index (χ0v) is 12.6. The van der Waals surface area contributed by atoms with E-state index >= 15 is 0 Å². The number of benzene rings is 1. The van der Waals surface area contributed by atoms with Gasteiger partial charge in [0.2, 0.25) is 0 Å². The second-order valence-corrected chi connectivity index (χ2v) is 6.39. The number of rotatable bonds is 9. The summed E-state index contributed by atoms with van der Waals surface area (Å²) in [7, 11) is -0.723. The van der Waals surface area contributed by atoms with Gasteiger partial charge in [0.15, 0.2) is 0 Å². The Labute approximate surface area is 118 Å². The predicted molar refractivity (Wildman–Crippen MR) is 80.2 cm³/mol. The van der Waals surface area contributed by atoms with Gasteiger partial charge in [-0.2, -0.15) is 0 Å². The first-order valence-corrected chi connectivity index (χ1v) is 8.65. The molecule has 0 bridgehead atoms. The van der Waals surface area contributed by atoms with Crippen LogP contribution in [0.4, 0.5) is 4.39 Å². The lowest BCUT2D eigenvalue weighted by atomic mass is 10.0. The summed E-state index contributed by atoms with van der Waals surface area (Å²) in [4.78, 5) is 0. The van der Waals surface area contributed by atoms with Crippen LogP contribution < -0.4 is 5.32 Å². The van der Waals surface area contributed by atoms with Crippen molar-refractivity contribution < 1.29 is 8.60 Å². The van der Waals surface area contributed by atoms with E-state index in [4.69, 9.17) is 0 Å². The van der Waals surface area contributed by atoms with E-state index in [-0.39, 0.29) is 11.9 Å². The molecule has 0 aliphatic rings. The van der Waals surface area contributed by atoms with Crippen LogP contribution in [0.15, 0.2) is 24.3 Å². The van der Waals surface area contributed by atoms with E-state index < -0.39 is 10.8 Å². The quantitative estimate of drug-likeness (QED) is 0.704. The lowest BCUT2D eigenvalue weighted by molar-refractivity contribution is 0.481. The van der Waals surface area contributed by atoms with Crippen molar-refractivity contribution in [2.24, 2.45) is 0 Å². The first-order valence-electron chi connectivity index (χ1n) is 6.92. The first-order chi connectivity index (χ1) is 9.13. The molecule has 0 aromatic heterocycles. The maximum Gasteiger partial charge on any atom is 0.123 e. The van der Waals surface area contributed by atoms with Gasteiger partial charge in [0, 0.05) is 28.9 Å². The van der Waals surface area contributed by atoms with Crippen LogP contribution in [-0.4, -0.2) is 22.8 Å². The zero-order valence-electron chi connectivity index (χ0n) is 11.8. The maximum absolute atomic E-state index is 12.9. The van der Waals surface area contributed by atoms with E-state index in [9.17, 15) is 8.60 Å². The van der Waals surface area contributed by atoms with Gasteiger partial charge in [0.25, 0.3) is 0 Å². The summed E-state index contributed by atoms with van der Waals surface area (Å²) in [6.45, 7) is 3.02. The third-order valence-electron chi connectivity index (χ3n) is 3.12. The average Bonchev–Trinajstić information content (AvgIpc) is 2.39. The van der Waals surface area contributed by atoms with E-state index in [1.165, 1.54) is 12.1 Å². The summed E-state index contributed by atoms with van der Waals surface area (Å²) in [5.74, 6) is 0.538. The summed E-state index contributed by atoms with van der Waals surface area (Å²) >= 11 is 0. The Morgan fingerprint density at radius 3 is 2.53 bits per heavy atom. The highest BCUT2D eigenvalue weighted by atomic mass is 32.2. The lowest BCUT2D eigenvalue weighted by Gasteiger charge is -2.19. The van der Waals surface area contributed by atoms with Crippen molar-refractivity contribution in [3.8, 4) is 0 Å². The molecule has 2 nitrogen and oxygen atoms in total. The van der Waals surface area contributed by atoms with E-state index in [1.807, 2.05) is 12.1 Å². The molecule has 2 unspecified atom stereocenters. The molecule has 0 saturated carbocycles. The van der Waals surface area contributed by atoms with E-state index in [0.717, 1.165) is 43.5 Å². The molecule has 0 aliphatic carbocycles. The number of hydrogen-bond acceptors (Lipinski definition) is 2. The highest BCUT2D eigenvalue weighted by molar-refractivity contribution is 7.84. The molecular formula is C15H24FNOS. The van der Waals surface area contributed by atoms with Crippen LogP contribution in [0.5, 0.6) is 0 Å². The molecule has 4 heteroatoms. The van der Waals surface area contributed by atoms with Gasteiger partial charge in [-0.05, 0) is 37.1 Å². The minimum absolute atomic E-state index is 0.195. The Hall–Kier alpha value is -0.740. The van der Waals surface area contributed by atoms with Crippen molar-refractivity contribution in [2.75, 3.05) is 18.6 Å². The van der Waals surface area contributed by atoms with Crippen LogP contribution in [0.1, 0.15) is 44.2 Å². The normalized spacial score (nSPS) is 14.3. The van der Waals surface area contributed by atoms with E-state index in [1.54, 1.807) is 6.26 Å². The highest BCUT2D eigenvalue weighted by Gasteiger charge is 2.10. The topological polar surface area (TPSA) is 29.1 Å². The van der Waals surface area contributed by atoms with Crippen molar-refractivity contribution in [1.82, 2.24) is 5.32 Å². The van der Waals surface area contributed by atoms with Gasteiger partial charge in [0.05, 0.1) is 0 Å². The maximum atomic E-state index is 12.9. The minimum atomic E-state index is -0.723. The Morgan fingerprint density at radius 2 is 1.95 bits per heavy atom. The first kappa shape index (κ1) is 16.3. The number of nitrogens with one attached hydrogen (secondary N) is 1. The number of unbranched alkanes of at least 4 members (excludes halogenated alkanes) is 1. The van der Waals surface area contributed by atoms with Gasteiger partial charge in [-0.25, -0.2) is 4.39 Å². The standard InChI is InChI=1S/C15H24FNOS/c1-3-4-6-15(17-11-5-12-19(2)18)13-7-9-14(16)10-8-13/h7-10,15,17H,3-6,11-12H2,1-2H3. The predicted octanol–water partition coefficient (Wildman–Crippen LogP) is 3.42. The molecule has 0 amide bonds. The Balaban J connectivity index is 2.51. The molecule has 0 radical (unpaired) electrons. The molecule has 0 spiro atoms. The fourth-order valence-corrected chi connectivity index (χ4v) is 2.59.